The van der Waals surface area contributed by atoms with Crippen molar-refractivity contribution in [2.45, 2.75) is 25.7 Å². The Morgan fingerprint density at radius 2 is 1.02 bits per heavy atom. The molecule has 0 fully saturated rings. The van der Waals surface area contributed by atoms with E-state index in [1.807, 2.05) is 0 Å². The molecule has 0 spiro atoms. The van der Waals surface area contributed by atoms with Crippen molar-refractivity contribution in [2.24, 2.45) is 0 Å². The molecule has 7 amide bonds. The zero-order valence-electron chi connectivity index (χ0n) is 22.9. The van der Waals surface area contributed by atoms with E-state index in [0.29, 0.717) is 27.9 Å². The topological polar surface area (TPSA) is 162 Å². The van der Waals surface area contributed by atoms with E-state index in [4.69, 9.17) is 0 Å². The molecule has 12 nitrogen and oxygen atoms in total. The smallest absolute Gasteiger partial charge is 0.269 e. The number of benzene rings is 3. The van der Waals surface area contributed by atoms with Gasteiger partial charge in [0.25, 0.3) is 29.5 Å². The van der Waals surface area contributed by atoms with Crippen molar-refractivity contribution in [1.82, 2.24) is 20.7 Å². The largest absolute Gasteiger partial charge is 0.326 e. The summed E-state index contributed by atoms with van der Waals surface area (Å²) in [6, 6.07) is 19.2. The fraction of sp³-hybridized carbons (Fsp3) is 0.194. The van der Waals surface area contributed by atoms with E-state index in [9.17, 15) is 33.6 Å². The van der Waals surface area contributed by atoms with Crippen LogP contribution < -0.4 is 16.2 Å². The van der Waals surface area contributed by atoms with Crippen LogP contribution in [0.5, 0.6) is 0 Å². The summed E-state index contributed by atoms with van der Waals surface area (Å²) >= 11 is 0. The Labute approximate surface area is 246 Å². The van der Waals surface area contributed by atoms with E-state index in [0.717, 1.165) is 9.80 Å². The van der Waals surface area contributed by atoms with Gasteiger partial charge in [-0.05, 0) is 55.3 Å². The molecule has 0 saturated heterocycles. The van der Waals surface area contributed by atoms with Gasteiger partial charge in [-0.3, -0.25) is 54.2 Å². The number of nitrogens with one attached hydrogen (secondary N) is 3. The van der Waals surface area contributed by atoms with Gasteiger partial charge in [-0.1, -0.05) is 30.3 Å². The first kappa shape index (κ1) is 28.9. The van der Waals surface area contributed by atoms with Gasteiger partial charge < -0.3 is 5.32 Å². The molecule has 3 aromatic carbocycles. The Kier molecular flexibility index (Phi) is 8.37. The summed E-state index contributed by atoms with van der Waals surface area (Å²) in [6.45, 7) is 0.161. The second kappa shape index (κ2) is 12.5. The normalized spacial score (nSPS) is 13.6. The molecule has 2 aliphatic rings. The summed E-state index contributed by atoms with van der Waals surface area (Å²) < 4.78 is 0. The van der Waals surface area contributed by atoms with Gasteiger partial charge in [0, 0.05) is 37.2 Å². The fourth-order valence-electron chi connectivity index (χ4n) is 4.90. The number of hydrogen-bond donors (Lipinski definition) is 3. The minimum Gasteiger partial charge on any atom is -0.326 e. The Bertz CT molecular complexity index is 1600. The molecule has 0 aliphatic carbocycles. The van der Waals surface area contributed by atoms with E-state index < -0.39 is 23.6 Å². The van der Waals surface area contributed by atoms with Gasteiger partial charge in [0.1, 0.15) is 0 Å². The fourth-order valence-corrected chi connectivity index (χ4v) is 4.90. The van der Waals surface area contributed by atoms with E-state index in [-0.39, 0.29) is 62.1 Å². The highest BCUT2D eigenvalue weighted by Gasteiger charge is 2.35. The number of amides is 7. The Morgan fingerprint density at radius 1 is 0.558 bits per heavy atom. The van der Waals surface area contributed by atoms with Gasteiger partial charge in [0.15, 0.2) is 0 Å². The van der Waals surface area contributed by atoms with Crippen LogP contribution in [0.25, 0.3) is 0 Å². The number of carbonyl (C=O) groups excluding carboxylic acids is 7. The zero-order valence-corrected chi connectivity index (χ0v) is 22.9. The van der Waals surface area contributed by atoms with Crippen molar-refractivity contribution < 1.29 is 33.6 Å². The van der Waals surface area contributed by atoms with Crippen LogP contribution in [0.2, 0.25) is 0 Å². The minimum absolute atomic E-state index is 0.0372. The summed E-state index contributed by atoms with van der Waals surface area (Å²) in [5, 5.41) is 2.68. The standard InChI is InChI=1S/C31H27N5O7/c37-25(14-6-16-35-28(40)21-10-1-2-11-22(21)29(35)41)32-20-9-5-8-19(18-20)27(39)34-33-26(38)15-7-17-36-30(42)23-12-3-4-13-24(23)31(36)43/h1-5,8-13,18H,6-7,14-17H2,(H,32,37)(H,33,38)(H,34,39). The van der Waals surface area contributed by atoms with Crippen LogP contribution in [-0.2, 0) is 9.59 Å². The van der Waals surface area contributed by atoms with Crippen LogP contribution in [0.1, 0.15) is 77.5 Å². The predicted octanol–water partition coefficient (Wildman–Crippen LogP) is 2.54. The van der Waals surface area contributed by atoms with Gasteiger partial charge in [-0.2, -0.15) is 0 Å². The summed E-state index contributed by atoms with van der Waals surface area (Å²) in [4.78, 5) is 89.2. The molecule has 0 aromatic heterocycles. The number of hydrazine groups is 1. The number of carbonyl (C=O) groups is 7. The van der Waals surface area contributed by atoms with Crippen molar-refractivity contribution >= 4 is 47.0 Å². The second-order valence-electron chi connectivity index (χ2n) is 9.95. The molecule has 0 bridgehead atoms. The Hall–Kier alpha value is -5.65. The first-order valence-corrected chi connectivity index (χ1v) is 13.6. The van der Waals surface area contributed by atoms with E-state index in [2.05, 4.69) is 16.2 Å². The van der Waals surface area contributed by atoms with Gasteiger partial charge in [0.05, 0.1) is 22.3 Å². The number of imide groups is 2. The molecular formula is C31H27N5O7. The highest BCUT2D eigenvalue weighted by Crippen LogP contribution is 2.24. The third-order valence-electron chi connectivity index (χ3n) is 7.05. The first-order valence-electron chi connectivity index (χ1n) is 13.6. The zero-order chi connectivity index (χ0) is 30.5. The molecule has 43 heavy (non-hydrogen) atoms. The molecule has 3 N–H and O–H groups in total. The van der Waals surface area contributed by atoms with Crippen LogP contribution in [0.4, 0.5) is 5.69 Å². The predicted molar refractivity (Wildman–Crippen MR) is 153 cm³/mol. The molecular weight excluding hydrogens is 554 g/mol. The summed E-state index contributed by atoms with van der Waals surface area (Å²) in [5.74, 6) is -3.04. The molecule has 2 heterocycles. The maximum Gasteiger partial charge on any atom is 0.269 e. The first-order chi connectivity index (χ1) is 20.7. The van der Waals surface area contributed by atoms with Crippen molar-refractivity contribution in [1.29, 1.82) is 0 Å². The summed E-state index contributed by atoms with van der Waals surface area (Å²) in [6.07, 6.45) is 0.476. The maximum absolute atomic E-state index is 12.6. The van der Waals surface area contributed by atoms with Crippen LogP contribution >= 0.6 is 0 Å². The van der Waals surface area contributed by atoms with Gasteiger partial charge in [-0.25, -0.2) is 0 Å². The molecule has 0 atom stereocenters. The average molecular weight is 582 g/mol. The van der Waals surface area contributed by atoms with Gasteiger partial charge in [0.2, 0.25) is 11.8 Å². The van der Waals surface area contributed by atoms with Crippen molar-refractivity contribution in [3.8, 4) is 0 Å². The summed E-state index contributed by atoms with van der Waals surface area (Å²) in [7, 11) is 0. The number of fused-ring (bicyclic) bond motifs is 2. The lowest BCUT2D eigenvalue weighted by atomic mass is 10.1. The van der Waals surface area contributed by atoms with Crippen molar-refractivity contribution in [2.75, 3.05) is 18.4 Å². The molecule has 12 heteroatoms. The molecule has 2 aliphatic heterocycles. The minimum atomic E-state index is -0.615. The SMILES string of the molecule is O=C(CCCN1C(=O)c2ccccc2C1=O)NNC(=O)c1cccc(NC(=O)CCCN2C(=O)c3ccccc3C2=O)c1. The van der Waals surface area contributed by atoms with Crippen LogP contribution in [0.3, 0.4) is 0 Å². The third kappa shape index (κ3) is 6.17. The van der Waals surface area contributed by atoms with Crippen LogP contribution in [0, 0.1) is 0 Å². The molecule has 0 unspecified atom stereocenters. The molecule has 0 radical (unpaired) electrons. The molecule has 3 aromatic rings. The highest BCUT2D eigenvalue weighted by molar-refractivity contribution is 6.22. The summed E-state index contributed by atoms with van der Waals surface area (Å²) in [5.41, 5.74) is 6.51. The monoisotopic (exact) mass is 581 g/mol. The van der Waals surface area contributed by atoms with E-state index in [1.54, 1.807) is 60.7 Å². The quantitative estimate of drug-likeness (QED) is 0.245. The second-order valence-corrected chi connectivity index (χ2v) is 9.95. The van der Waals surface area contributed by atoms with Crippen LogP contribution in [0.15, 0.2) is 72.8 Å². The molecule has 5 rings (SSSR count). The lowest BCUT2D eigenvalue weighted by Crippen LogP contribution is -2.42. The number of anilines is 1. The van der Waals surface area contributed by atoms with Crippen molar-refractivity contribution in [3.63, 3.8) is 0 Å². The molecule has 218 valence electrons. The van der Waals surface area contributed by atoms with E-state index in [1.165, 1.54) is 12.1 Å². The lowest BCUT2D eigenvalue weighted by Gasteiger charge is -2.14. The van der Waals surface area contributed by atoms with Crippen LogP contribution in [-0.4, -0.2) is 64.2 Å². The maximum atomic E-state index is 12.6. The number of hydrogen-bond acceptors (Lipinski definition) is 7. The number of nitrogens with zero attached hydrogens (tertiary/aromatic N) is 2. The van der Waals surface area contributed by atoms with Crippen molar-refractivity contribution in [3.05, 3.63) is 101 Å². The number of rotatable bonds is 10. The van der Waals surface area contributed by atoms with Gasteiger partial charge in [-0.15, -0.1) is 0 Å². The average Bonchev–Trinajstić information content (AvgIpc) is 3.40. The Balaban J connectivity index is 1.03. The molecule has 0 saturated carbocycles. The van der Waals surface area contributed by atoms with E-state index >= 15 is 0 Å². The van der Waals surface area contributed by atoms with Gasteiger partial charge >= 0.3 is 0 Å². The lowest BCUT2D eigenvalue weighted by molar-refractivity contribution is -0.122. The highest BCUT2D eigenvalue weighted by atomic mass is 16.2. The third-order valence-corrected chi connectivity index (χ3v) is 7.05. The Morgan fingerprint density at radius 3 is 1.51 bits per heavy atom.